The normalized spacial score (nSPS) is 17.7. The topological polar surface area (TPSA) is 137 Å². The Morgan fingerprint density at radius 1 is 1.21 bits per heavy atom. The lowest BCUT2D eigenvalue weighted by Gasteiger charge is -2.18. The molecule has 0 saturated heterocycles. The third kappa shape index (κ3) is 4.33. The minimum absolute atomic E-state index is 0.0890. The third-order valence-electron chi connectivity index (χ3n) is 4.18. The van der Waals surface area contributed by atoms with Gasteiger partial charge in [-0.2, -0.15) is 0 Å². The maximum Gasteiger partial charge on any atom is 0.269 e. The van der Waals surface area contributed by atoms with Crippen LogP contribution in [0.25, 0.3) is 0 Å². The van der Waals surface area contributed by atoms with Crippen molar-refractivity contribution in [3.63, 3.8) is 0 Å². The molecule has 2 atom stereocenters. The van der Waals surface area contributed by atoms with Gasteiger partial charge in [-0.15, -0.1) is 8.80 Å². The molecule has 1 unspecified atom stereocenters. The number of furan rings is 1. The van der Waals surface area contributed by atoms with Gasteiger partial charge in [-0.3, -0.25) is 0 Å². The number of sulfonamides is 1. The minimum atomic E-state index is -3.86. The van der Waals surface area contributed by atoms with Crippen LogP contribution in [0.5, 0.6) is 5.75 Å². The second kappa shape index (κ2) is 8.35. The van der Waals surface area contributed by atoms with Gasteiger partial charge in [0.05, 0.1) is 18.0 Å². The van der Waals surface area contributed by atoms with E-state index in [4.69, 9.17) is 4.42 Å². The summed E-state index contributed by atoms with van der Waals surface area (Å²) < 4.78 is 50.9. The van der Waals surface area contributed by atoms with Crippen LogP contribution < -0.4 is 10.6 Å². The van der Waals surface area contributed by atoms with Gasteiger partial charge in [0.25, 0.3) is 11.2 Å². The van der Waals surface area contributed by atoms with Gasteiger partial charge in [-0.1, -0.05) is 13.0 Å². The fourth-order valence-electron chi connectivity index (χ4n) is 2.62. The Morgan fingerprint density at radius 2 is 1.93 bits per heavy atom. The summed E-state index contributed by atoms with van der Waals surface area (Å²) >= 11 is -1.85. The summed E-state index contributed by atoms with van der Waals surface area (Å²) in [6.07, 6.45) is 2.21. The molecule has 2 aromatic rings. The van der Waals surface area contributed by atoms with Crippen molar-refractivity contribution in [2.45, 2.75) is 24.3 Å². The highest BCUT2D eigenvalue weighted by Crippen LogP contribution is 2.32. The largest absolute Gasteiger partial charge is 0.504 e. The summed E-state index contributed by atoms with van der Waals surface area (Å²) in [6.45, 7) is 1.94. The first-order valence-electron chi connectivity index (χ1n) is 8.65. The number of hydrogen-bond acceptors (Lipinski definition) is 7. The summed E-state index contributed by atoms with van der Waals surface area (Å²) in [4.78, 5) is -0.263. The van der Waals surface area contributed by atoms with Crippen molar-refractivity contribution < 1.29 is 22.2 Å². The van der Waals surface area contributed by atoms with E-state index in [-0.39, 0.29) is 28.3 Å². The van der Waals surface area contributed by atoms with E-state index in [1.807, 2.05) is 6.92 Å². The molecule has 12 heteroatoms. The molecular formula is C17H21N5O5S2. The maximum atomic E-state index is 12.4. The number of phenols is 1. The SMILES string of the molecule is CC[C@@H](NC1=NS(=O)N=C1Nc1cccc(S(=O)(=O)N(C)C)c1O)c1ccco1. The molecule has 1 aromatic heterocycles. The van der Waals surface area contributed by atoms with Crippen molar-refractivity contribution >= 4 is 38.6 Å². The Kier molecular flexibility index (Phi) is 6.05. The Balaban J connectivity index is 1.87. The zero-order valence-electron chi connectivity index (χ0n) is 16.0. The third-order valence-corrected chi connectivity index (χ3v) is 6.70. The zero-order valence-corrected chi connectivity index (χ0v) is 17.6. The lowest BCUT2D eigenvalue weighted by atomic mass is 10.1. The minimum Gasteiger partial charge on any atom is -0.504 e. The summed E-state index contributed by atoms with van der Waals surface area (Å²) in [5.74, 6) is 0.531. The fourth-order valence-corrected chi connectivity index (χ4v) is 4.25. The van der Waals surface area contributed by atoms with Gasteiger partial charge in [-0.25, -0.2) is 16.9 Å². The lowest BCUT2D eigenvalue weighted by Crippen LogP contribution is -2.36. The van der Waals surface area contributed by atoms with E-state index in [1.165, 1.54) is 32.3 Å². The van der Waals surface area contributed by atoms with Crippen LogP contribution >= 0.6 is 0 Å². The molecule has 0 amide bonds. The van der Waals surface area contributed by atoms with E-state index in [0.29, 0.717) is 12.2 Å². The van der Waals surface area contributed by atoms with Gasteiger partial charge >= 0.3 is 0 Å². The zero-order chi connectivity index (χ0) is 21.2. The summed E-state index contributed by atoms with van der Waals surface area (Å²) in [5, 5.41) is 16.4. The predicted molar refractivity (Wildman–Crippen MR) is 110 cm³/mol. The number of rotatable bonds is 6. The smallest absolute Gasteiger partial charge is 0.269 e. The van der Waals surface area contributed by atoms with E-state index < -0.39 is 26.9 Å². The molecule has 29 heavy (non-hydrogen) atoms. The Bertz CT molecular complexity index is 1080. The van der Waals surface area contributed by atoms with Crippen molar-refractivity contribution in [3.05, 3.63) is 42.4 Å². The second-order valence-corrected chi connectivity index (χ2v) is 9.24. The van der Waals surface area contributed by atoms with Crippen molar-refractivity contribution in [1.82, 2.24) is 9.62 Å². The molecule has 0 saturated carbocycles. The number of anilines is 1. The summed E-state index contributed by atoms with van der Waals surface area (Å²) in [5.41, 5.74) is 0.0890. The highest BCUT2D eigenvalue weighted by atomic mass is 32.2. The molecule has 1 aliphatic rings. The van der Waals surface area contributed by atoms with Gasteiger partial charge in [0.15, 0.2) is 17.4 Å². The van der Waals surface area contributed by atoms with Gasteiger partial charge in [0.1, 0.15) is 10.7 Å². The van der Waals surface area contributed by atoms with Crippen molar-refractivity contribution in [3.8, 4) is 5.75 Å². The average Bonchev–Trinajstić information content (AvgIpc) is 3.31. The van der Waals surface area contributed by atoms with Crippen molar-refractivity contribution in [2.24, 2.45) is 8.80 Å². The molecule has 0 fully saturated rings. The molecule has 10 nitrogen and oxygen atoms in total. The number of para-hydroxylation sites is 1. The van der Waals surface area contributed by atoms with Crippen LogP contribution in [-0.4, -0.2) is 47.8 Å². The molecule has 0 spiro atoms. The van der Waals surface area contributed by atoms with Gasteiger partial charge in [0, 0.05) is 14.1 Å². The first-order chi connectivity index (χ1) is 13.7. The number of nitrogens with one attached hydrogen (secondary N) is 2. The molecule has 3 rings (SSSR count). The average molecular weight is 440 g/mol. The molecule has 0 radical (unpaired) electrons. The van der Waals surface area contributed by atoms with E-state index >= 15 is 0 Å². The molecule has 2 heterocycles. The standard InChI is InChI=1S/C17H21N5O5S2/c1-4-11(13-8-6-10-27-13)18-16-17(21-28(24)20-16)19-12-7-5-9-14(15(12)23)29(25,26)22(2)3/h5-11,23H,4H2,1-3H3,(H,18,20)(H,19,21)/t11-,28?/m1/s1. The first-order valence-corrected chi connectivity index (χ1v) is 11.2. The van der Waals surface area contributed by atoms with Gasteiger partial charge in [0.2, 0.25) is 10.0 Å². The van der Waals surface area contributed by atoms with Crippen LogP contribution in [0.4, 0.5) is 5.69 Å². The maximum absolute atomic E-state index is 12.4. The van der Waals surface area contributed by atoms with Crippen molar-refractivity contribution in [2.75, 3.05) is 19.4 Å². The highest BCUT2D eigenvalue weighted by Gasteiger charge is 2.27. The summed E-state index contributed by atoms with van der Waals surface area (Å²) in [7, 11) is -1.12. The number of nitrogens with zero attached hydrogens (tertiary/aromatic N) is 3. The number of amidine groups is 2. The number of aromatic hydroxyl groups is 1. The Morgan fingerprint density at radius 3 is 2.55 bits per heavy atom. The molecule has 0 aliphatic carbocycles. The van der Waals surface area contributed by atoms with Crippen molar-refractivity contribution in [1.29, 1.82) is 0 Å². The van der Waals surface area contributed by atoms with E-state index in [9.17, 15) is 17.7 Å². The molecule has 156 valence electrons. The molecule has 0 bridgehead atoms. The highest BCUT2D eigenvalue weighted by molar-refractivity contribution is 7.89. The predicted octanol–water partition coefficient (Wildman–Crippen LogP) is 1.78. The quantitative estimate of drug-likeness (QED) is 0.584. The van der Waals surface area contributed by atoms with Crippen LogP contribution in [0, 0.1) is 0 Å². The fraction of sp³-hybridized carbons (Fsp3) is 0.294. The second-order valence-electron chi connectivity index (χ2n) is 6.30. The molecule has 1 aliphatic heterocycles. The Labute approximate surface area is 171 Å². The number of hydrogen-bond donors (Lipinski definition) is 3. The van der Waals surface area contributed by atoms with Crippen LogP contribution in [0.2, 0.25) is 0 Å². The Hall–Kier alpha value is -2.70. The lowest BCUT2D eigenvalue weighted by molar-refractivity contribution is 0.441. The van der Waals surface area contributed by atoms with Crippen LogP contribution in [-0.2, 0) is 21.2 Å². The van der Waals surface area contributed by atoms with Gasteiger partial charge in [-0.05, 0) is 30.7 Å². The van der Waals surface area contributed by atoms with E-state index in [2.05, 4.69) is 19.4 Å². The molecule has 3 N–H and O–H groups in total. The van der Waals surface area contributed by atoms with Crippen LogP contribution in [0.3, 0.4) is 0 Å². The van der Waals surface area contributed by atoms with E-state index in [0.717, 1.165) is 4.31 Å². The molecule has 1 aromatic carbocycles. The summed E-state index contributed by atoms with van der Waals surface area (Å²) in [6, 6.07) is 7.58. The first kappa shape index (κ1) is 21.0. The monoisotopic (exact) mass is 439 g/mol. The van der Waals surface area contributed by atoms with Crippen LogP contribution in [0.15, 0.2) is 54.7 Å². The van der Waals surface area contributed by atoms with Gasteiger partial charge < -0.3 is 20.2 Å². The number of benzene rings is 1. The van der Waals surface area contributed by atoms with Crippen LogP contribution in [0.1, 0.15) is 25.1 Å². The number of phenolic OH excluding ortho intramolecular Hbond substituents is 1. The van der Waals surface area contributed by atoms with E-state index in [1.54, 1.807) is 18.4 Å². The molecular weight excluding hydrogens is 418 g/mol.